The van der Waals surface area contributed by atoms with Crippen LogP contribution in [0.25, 0.3) is 0 Å². The SMILES string of the molecule is CC(=O)Oc1ccc(C(C)(C)C(C)(C)c2ccc(OC(C)=O)cc2F)c(F)c1. The Labute approximate surface area is 163 Å². The minimum atomic E-state index is -0.824. The summed E-state index contributed by atoms with van der Waals surface area (Å²) in [4.78, 5) is 22.1. The van der Waals surface area contributed by atoms with Crippen LogP contribution in [0.3, 0.4) is 0 Å². The first kappa shape index (κ1) is 21.5. The molecule has 0 aliphatic heterocycles. The van der Waals surface area contributed by atoms with Gasteiger partial charge < -0.3 is 9.47 Å². The second kappa shape index (κ2) is 7.70. The number of hydrogen-bond donors (Lipinski definition) is 0. The summed E-state index contributed by atoms with van der Waals surface area (Å²) >= 11 is 0. The van der Waals surface area contributed by atoms with Crippen molar-refractivity contribution in [2.45, 2.75) is 52.4 Å². The molecule has 0 aliphatic carbocycles. The molecule has 0 unspecified atom stereocenters. The van der Waals surface area contributed by atoms with Crippen molar-refractivity contribution in [2.24, 2.45) is 0 Å². The highest BCUT2D eigenvalue weighted by atomic mass is 19.1. The van der Waals surface area contributed by atoms with E-state index in [0.717, 1.165) is 12.1 Å². The van der Waals surface area contributed by atoms with Gasteiger partial charge in [-0.3, -0.25) is 9.59 Å². The number of esters is 2. The zero-order valence-electron chi connectivity index (χ0n) is 16.9. The maximum absolute atomic E-state index is 14.8. The molecule has 0 N–H and O–H groups in total. The maximum atomic E-state index is 14.8. The summed E-state index contributed by atoms with van der Waals surface area (Å²) in [6.07, 6.45) is 0. The summed E-state index contributed by atoms with van der Waals surface area (Å²) in [5, 5.41) is 0. The molecule has 0 fully saturated rings. The Hall–Kier alpha value is -2.76. The van der Waals surface area contributed by atoms with Gasteiger partial charge in [0.2, 0.25) is 0 Å². The molecule has 2 aromatic carbocycles. The standard InChI is InChI=1S/C22H24F2O4/c1-13(25)27-15-7-9-17(19(23)11-15)21(3,4)22(5,6)18-10-8-16(12-20(18)24)28-14(2)26/h7-12H,1-6H3. The lowest BCUT2D eigenvalue weighted by Crippen LogP contribution is -2.41. The van der Waals surface area contributed by atoms with Crippen LogP contribution in [0.5, 0.6) is 11.5 Å². The van der Waals surface area contributed by atoms with E-state index >= 15 is 0 Å². The molecular formula is C22H24F2O4. The van der Waals surface area contributed by atoms with Gasteiger partial charge in [0, 0.05) is 36.8 Å². The highest BCUT2D eigenvalue weighted by Gasteiger charge is 2.43. The van der Waals surface area contributed by atoms with Crippen LogP contribution < -0.4 is 9.47 Å². The highest BCUT2D eigenvalue weighted by Crippen LogP contribution is 2.46. The normalized spacial score (nSPS) is 11.9. The molecule has 0 radical (unpaired) electrons. The monoisotopic (exact) mass is 390 g/mol. The summed E-state index contributed by atoms with van der Waals surface area (Å²) < 4.78 is 39.4. The van der Waals surface area contributed by atoms with Crippen molar-refractivity contribution in [3.8, 4) is 11.5 Å². The molecule has 0 atom stereocenters. The van der Waals surface area contributed by atoms with Gasteiger partial charge in [-0.2, -0.15) is 0 Å². The average molecular weight is 390 g/mol. The van der Waals surface area contributed by atoms with Crippen LogP contribution >= 0.6 is 0 Å². The molecule has 6 heteroatoms. The van der Waals surface area contributed by atoms with Crippen molar-refractivity contribution in [1.29, 1.82) is 0 Å². The molecule has 0 spiro atoms. The summed E-state index contributed by atoms with van der Waals surface area (Å²) in [6, 6.07) is 8.40. The van der Waals surface area contributed by atoms with E-state index in [9.17, 15) is 18.4 Å². The quantitative estimate of drug-likeness (QED) is 0.528. The van der Waals surface area contributed by atoms with E-state index in [4.69, 9.17) is 9.47 Å². The van der Waals surface area contributed by atoms with Crippen molar-refractivity contribution < 1.29 is 27.8 Å². The molecule has 28 heavy (non-hydrogen) atoms. The number of carbonyl (C=O) groups excluding carboxylic acids is 2. The van der Waals surface area contributed by atoms with Crippen molar-refractivity contribution in [2.75, 3.05) is 0 Å². The highest BCUT2D eigenvalue weighted by molar-refractivity contribution is 5.69. The van der Waals surface area contributed by atoms with E-state index in [2.05, 4.69) is 0 Å². The molecule has 4 nitrogen and oxygen atoms in total. The Morgan fingerprint density at radius 1 is 0.714 bits per heavy atom. The van der Waals surface area contributed by atoms with Crippen LogP contribution in [0.2, 0.25) is 0 Å². The zero-order valence-corrected chi connectivity index (χ0v) is 16.9. The Kier molecular flexibility index (Phi) is 5.92. The fraction of sp³-hybridized carbons (Fsp3) is 0.364. The van der Waals surface area contributed by atoms with Gasteiger partial charge in [0.05, 0.1) is 0 Å². The molecule has 0 heterocycles. The number of rotatable bonds is 5. The first-order valence-electron chi connectivity index (χ1n) is 8.83. The third-order valence-corrected chi connectivity index (χ3v) is 5.31. The lowest BCUT2D eigenvalue weighted by molar-refractivity contribution is -0.132. The molecule has 0 bridgehead atoms. The Bertz CT molecular complexity index is 841. The zero-order chi connectivity index (χ0) is 21.3. The summed E-state index contributed by atoms with van der Waals surface area (Å²) in [7, 11) is 0. The third-order valence-electron chi connectivity index (χ3n) is 5.31. The van der Waals surface area contributed by atoms with E-state index in [0.29, 0.717) is 11.1 Å². The number of halogens is 2. The van der Waals surface area contributed by atoms with E-state index in [-0.39, 0.29) is 11.5 Å². The molecular weight excluding hydrogens is 366 g/mol. The van der Waals surface area contributed by atoms with Gasteiger partial charge in [0.1, 0.15) is 23.1 Å². The fourth-order valence-electron chi connectivity index (χ4n) is 3.14. The second-order valence-electron chi connectivity index (χ2n) is 7.72. The fourth-order valence-corrected chi connectivity index (χ4v) is 3.14. The molecule has 150 valence electrons. The van der Waals surface area contributed by atoms with Crippen molar-refractivity contribution in [3.05, 3.63) is 59.2 Å². The largest absolute Gasteiger partial charge is 0.427 e. The Balaban J connectivity index is 2.46. The third kappa shape index (κ3) is 4.21. The van der Waals surface area contributed by atoms with Crippen LogP contribution in [-0.4, -0.2) is 11.9 Å². The van der Waals surface area contributed by atoms with Gasteiger partial charge >= 0.3 is 11.9 Å². The smallest absolute Gasteiger partial charge is 0.308 e. The maximum Gasteiger partial charge on any atom is 0.308 e. The Morgan fingerprint density at radius 2 is 1.04 bits per heavy atom. The minimum absolute atomic E-state index is 0.110. The molecule has 2 aromatic rings. The van der Waals surface area contributed by atoms with Crippen LogP contribution in [0.4, 0.5) is 8.78 Å². The van der Waals surface area contributed by atoms with Crippen molar-refractivity contribution in [3.63, 3.8) is 0 Å². The number of carbonyl (C=O) groups is 2. The van der Waals surface area contributed by atoms with Gasteiger partial charge in [0.25, 0.3) is 0 Å². The van der Waals surface area contributed by atoms with Crippen LogP contribution in [0.15, 0.2) is 36.4 Å². The second-order valence-corrected chi connectivity index (χ2v) is 7.72. The number of benzene rings is 2. The van der Waals surface area contributed by atoms with E-state index in [1.807, 2.05) is 27.7 Å². The summed E-state index contributed by atoms with van der Waals surface area (Å²) in [5.74, 6) is -1.95. The molecule has 0 amide bonds. The van der Waals surface area contributed by atoms with Gasteiger partial charge in [0.15, 0.2) is 0 Å². The van der Waals surface area contributed by atoms with Gasteiger partial charge in [-0.05, 0) is 23.3 Å². The van der Waals surface area contributed by atoms with E-state index < -0.39 is 34.4 Å². The van der Waals surface area contributed by atoms with Gasteiger partial charge in [-0.15, -0.1) is 0 Å². The van der Waals surface area contributed by atoms with Crippen LogP contribution in [0.1, 0.15) is 52.7 Å². The molecule has 0 aromatic heterocycles. The predicted octanol–water partition coefficient (Wildman–Crippen LogP) is 5.07. The van der Waals surface area contributed by atoms with Crippen molar-refractivity contribution in [1.82, 2.24) is 0 Å². The van der Waals surface area contributed by atoms with Crippen LogP contribution in [0, 0.1) is 11.6 Å². The van der Waals surface area contributed by atoms with Gasteiger partial charge in [-0.25, -0.2) is 8.78 Å². The molecule has 0 aliphatic rings. The average Bonchev–Trinajstić information content (AvgIpc) is 2.53. The van der Waals surface area contributed by atoms with Crippen LogP contribution in [-0.2, 0) is 20.4 Å². The predicted molar refractivity (Wildman–Crippen MR) is 101 cm³/mol. The lowest BCUT2D eigenvalue weighted by Gasteiger charge is -2.43. The minimum Gasteiger partial charge on any atom is -0.427 e. The molecule has 0 saturated heterocycles. The van der Waals surface area contributed by atoms with Crippen molar-refractivity contribution >= 4 is 11.9 Å². The molecule has 0 saturated carbocycles. The molecule has 2 rings (SSSR count). The summed E-state index contributed by atoms with van der Waals surface area (Å²) in [5.41, 5.74) is -0.931. The first-order valence-corrected chi connectivity index (χ1v) is 8.83. The van der Waals surface area contributed by atoms with Gasteiger partial charge in [-0.1, -0.05) is 39.8 Å². The first-order chi connectivity index (χ1) is 12.9. The topological polar surface area (TPSA) is 52.6 Å². The van der Waals surface area contributed by atoms with E-state index in [1.165, 1.54) is 26.0 Å². The Morgan fingerprint density at radius 3 is 1.29 bits per heavy atom. The number of hydrogen-bond acceptors (Lipinski definition) is 4. The lowest BCUT2D eigenvalue weighted by atomic mass is 9.61. The summed E-state index contributed by atoms with van der Waals surface area (Å²) in [6.45, 7) is 9.74. The van der Waals surface area contributed by atoms with E-state index in [1.54, 1.807) is 12.1 Å². The number of ether oxygens (including phenoxy) is 2.